The molecule has 0 atom stereocenters. The summed E-state index contributed by atoms with van der Waals surface area (Å²) in [5.74, 6) is 1.88. The lowest BCUT2D eigenvalue weighted by molar-refractivity contribution is 0.295. The number of hydrogen-bond donors (Lipinski definition) is 1. The third kappa shape index (κ3) is 3.07. The molecule has 2 N–H and O–H groups in total. The molecule has 0 aliphatic heterocycles. The molecule has 0 saturated heterocycles. The Balaban J connectivity index is 2.65. The van der Waals surface area contributed by atoms with Crippen molar-refractivity contribution in [3.63, 3.8) is 0 Å². The first-order chi connectivity index (χ1) is 9.94. The van der Waals surface area contributed by atoms with Gasteiger partial charge in [-0.05, 0) is 51.9 Å². The van der Waals surface area contributed by atoms with E-state index in [1.165, 1.54) is 30.4 Å². The van der Waals surface area contributed by atoms with Gasteiger partial charge in [-0.3, -0.25) is 0 Å². The molecule has 1 fully saturated rings. The lowest BCUT2D eigenvalue weighted by atomic mass is 9.74. The number of hydrogen-bond acceptors (Lipinski definition) is 3. The lowest BCUT2D eigenvalue weighted by Gasteiger charge is -2.37. The van der Waals surface area contributed by atoms with Crippen molar-refractivity contribution in [2.75, 3.05) is 14.2 Å². The second-order valence-corrected chi connectivity index (χ2v) is 7.05. The van der Waals surface area contributed by atoms with Crippen LogP contribution in [0.2, 0.25) is 0 Å². The van der Waals surface area contributed by atoms with Crippen LogP contribution in [0, 0.1) is 0 Å². The van der Waals surface area contributed by atoms with E-state index in [1.807, 2.05) is 0 Å². The molecule has 0 bridgehead atoms. The quantitative estimate of drug-likeness (QED) is 0.850. The van der Waals surface area contributed by atoms with Crippen molar-refractivity contribution in [2.45, 2.75) is 57.4 Å². The van der Waals surface area contributed by atoms with Crippen molar-refractivity contribution in [1.82, 2.24) is 0 Å². The number of benzene rings is 1. The van der Waals surface area contributed by atoms with Crippen LogP contribution in [0.5, 0.6) is 11.5 Å². The summed E-state index contributed by atoms with van der Waals surface area (Å²) in [6, 6.07) is 2.09. The van der Waals surface area contributed by atoms with E-state index in [9.17, 15) is 0 Å². The van der Waals surface area contributed by atoms with E-state index in [4.69, 9.17) is 15.2 Å². The minimum Gasteiger partial charge on any atom is -0.493 e. The second-order valence-electron chi connectivity index (χ2n) is 6.26. The van der Waals surface area contributed by atoms with Crippen LogP contribution in [0.15, 0.2) is 10.5 Å². The molecular weight excluding hydrogens is 330 g/mol. The predicted octanol–water partition coefficient (Wildman–Crippen LogP) is 4.71. The van der Waals surface area contributed by atoms with Gasteiger partial charge in [0.15, 0.2) is 11.5 Å². The van der Waals surface area contributed by atoms with Gasteiger partial charge in [0.1, 0.15) is 0 Å². The Labute approximate surface area is 136 Å². The molecule has 0 amide bonds. The molecule has 0 radical (unpaired) electrons. The van der Waals surface area contributed by atoms with Gasteiger partial charge in [0.05, 0.1) is 18.7 Å². The van der Waals surface area contributed by atoms with Crippen LogP contribution in [0.4, 0.5) is 0 Å². The van der Waals surface area contributed by atoms with Crippen molar-refractivity contribution >= 4 is 15.9 Å². The summed E-state index contributed by atoms with van der Waals surface area (Å²) in [6.07, 6.45) is 5.74. The SMILES string of the molecule is COc1cc(C2(N)CCCCC2)c(C(C)C)c(Br)c1OC. The Morgan fingerprint density at radius 2 is 1.76 bits per heavy atom. The fourth-order valence-corrected chi connectivity index (χ4v) is 4.42. The fraction of sp³-hybridized carbons (Fsp3) is 0.647. The maximum Gasteiger partial charge on any atom is 0.175 e. The van der Waals surface area contributed by atoms with Gasteiger partial charge in [-0.25, -0.2) is 0 Å². The normalized spacial score (nSPS) is 17.9. The smallest absolute Gasteiger partial charge is 0.175 e. The van der Waals surface area contributed by atoms with Gasteiger partial charge in [0, 0.05) is 5.54 Å². The van der Waals surface area contributed by atoms with E-state index < -0.39 is 0 Å². The van der Waals surface area contributed by atoms with Crippen LogP contribution in [0.1, 0.15) is 63.0 Å². The maximum atomic E-state index is 6.79. The molecule has 0 spiro atoms. The van der Waals surface area contributed by atoms with Crippen molar-refractivity contribution in [3.8, 4) is 11.5 Å². The standard InChI is InChI=1S/C17H26BrNO2/c1-11(2)14-12(17(19)8-6-5-7-9-17)10-13(20-3)16(21-4)15(14)18/h10-11H,5-9,19H2,1-4H3. The Morgan fingerprint density at radius 1 is 1.14 bits per heavy atom. The zero-order valence-electron chi connectivity index (χ0n) is 13.5. The molecular formula is C17H26BrNO2. The number of halogens is 1. The van der Waals surface area contributed by atoms with Crippen LogP contribution in [-0.4, -0.2) is 14.2 Å². The Kier molecular flexibility index (Phi) is 5.20. The molecule has 0 heterocycles. The van der Waals surface area contributed by atoms with Gasteiger partial charge in [0.25, 0.3) is 0 Å². The van der Waals surface area contributed by atoms with Gasteiger partial charge >= 0.3 is 0 Å². The minimum absolute atomic E-state index is 0.250. The molecule has 1 aromatic carbocycles. The summed E-state index contributed by atoms with van der Waals surface area (Å²) >= 11 is 3.71. The zero-order chi connectivity index (χ0) is 15.6. The van der Waals surface area contributed by atoms with Crippen molar-refractivity contribution in [3.05, 3.63) is 21.7 Å². The van der Waals surface area contributed by atoms with Gasteiger partial charge in [-0.15, -0.1) is 0 Å². The highest BCUT2D eigenvalue weighted by Gasteiger charge is 2.34. The number of methoxy groups -OCH3 is 2. The third-order valence-electron chi connectivity index (χ3n) is 4.51. The van der Waals surface area contributed by atoms with E-state index in [-0.39, 0.29) is 5.54 Å². The molecule has 118 valence electrons. The zero-order valence-corrected chi connectivity index (χ0v) is 15.0. The van der Waals surface area contributed by atoms with Crippen LogP contribution in [-0.2, 0) is 5.54 Å². The average molecular weight is 356 g/mol. The van der Waals surface area contributed by atoms with E-state index in [1.54, 1.807) is 14.2 Å². The van der Waals surface area contributed by atoms with Gasteiger partial charge in [-0.2, -0.15) is 0 Å². The topological polar surface area (TPSA) is 44.5 Å². The number of rotatable bonds is 4. The van der Waals surface area contributed by atoms with Gasteiger partial charge in [0.2, 0.25) is 0 Å². The monoisotopic (exact) mass is 355 g/mol. The Hall–Kier alpha value is -0.740. The van der Waals surface area contributed by atoms with Crippen molar-refractivity contribution in [2.24, 2.45) is 5.73 Å². The summed E-state index contributed by atoms with van der Waals surface area (Å²) < 4.78 is 12.0. The van der Waals surface area contributed by atoms with Crippen molar-refractivity contribution in [1.29, 1.82) is 0 Å². The van der Waals surface area contributed by atoms with Crippen LogP contribution in [0.25, 0.3) is 0 Å². The van der Waals surface area contributed by atoms with E-state index in [0.29, 0.717) is 5.92 Å². The van der Waals surface area contributed by atoms with Gasteiger partial charge in [-0.1, -0.05) is 33.1 Å². The summed E-state index contributed by atoms with van der Waals surface area (Å²) in [5, 5.41) is 0. The number of nitrogens with two attached hydrogens (primary N) is 1. The molecule has 1 aromatic rings. The van der Waals surface area contributed by atoms with Crippen molar-refractivity contribution < 1.29 is 9.47 Å². The van der Waals surface area contributed by atoms with E-state index in [2.05, 4.69) is 35.8 Å². The Bertz CT molecular complexity index is 508. The fourth-order valence-electron chi connectivity index (χ4n) is 3.39. The first-order valence-corrected chi connectivity index (χ1v) is 8.47. The molecule has 0 unspecified atom stereocenters. The first-order valence-electron chi connectivity index (χ1n) is 7.68. The highest BCUT2D eigenvalue weighted by molar-refractivity contribution is 9.10. The van der Waals surface area contributed by atoms with Gasteiger partial charge < -0.3 is 15.2 Å². The molecule has 21 heavy (non-hydrogen) atoms. The largest absolute Gasteiger partial charge is 0.493 e. The maximum absolute atomic E-state index is 6.79. The molecule has 3 nitrogen and oxygen atoms in total. The molecule has 1 aliphatic rings. The number of ether oxygens (including phenoxy) is 2. The first kappa shape index (κ1) is 16.6. The summed E-state index contributed by atoms with van der Waals surface area (Å²) in [7, 11) is 3.35. The third-order valence-corrected chi connectivity index (χ3v) is 5.30. The summed E-state index contributed by atoms with van der Waals surface area (Å²) in [4.78, 5) is 0. The predicted molar refractivity (Wildman–Crippen MR) is 90.3 cm³/mol. The highest BCUT2D eigenvalue weighted by Crippen LogP contribution is 2.48. The average Bonchev–Trinajstić information content (AvgIpc) is 2.46. The van der Waals surface area contributed by atoms with E-state index >= 15 is 0 Å². The highest BCUT2D eigenvalue weighted by atomic mass is 79.9. The molecule has 1 saturated carbocycles. The van der Waals surface area contributed by atoms with Crippen LogP contribution in [0.3, 0.4) is 0 Å². The van der Waals surface area contributed by atoms with Crippen LogP contribution >= 0.6 is 15.9 Å². The minimum atomic E-state index is -0.250. The summed E-state index contributed by atoms with van der Waals surface area (Å²) in [5.41, 5.74) is 8.99. The lowest BCUT2D eigenvalue weighted by Crippen LogP contribution is -2.39. The van der Waals surface area contributed by atoms with Crippen LogP contribution < -0.4 is 15.2 Å². The molecule has 2 rings (SSSR count). The molecule has 4 heteroatoms. The molecule has 1 aliphatic carbocycles. The van der Waals surface area contributed by atoms with E-state index in [0.717, 1.165) is 28.8 Å². The molecule has 0 aromatic heterocycles. The summed E-state index contributed by atoms with van der Waals surface area (Å²) in [6.45, 7) is 4.39. The Morgan fingerprint density at radius 3 is 2.24 bits per heavy atom. The second kappa shape index (κ2) is 6.57.